The van der Waals surface area contributed by atoms with Gasteiger partial charge < -0.3 is 0 Å². The summed E-state index contributed by atoms with van der Waals surface area (Å²) < 4.78 is 29.2. The molecule has 9 heteroatoms. The van der Waals surface area contributed by atoms with Gasteiger partial charge in [-0.1, -0.05) is 0 Å². The molecular weight excluding hydrogens is 422 g/mol. The second kappa shape index (κ2) is 7.82. The van der Waals surface area contributed by atoms with Crippen molar-refractivity contribution in [3.8, 4) is 11.3 Å². The standard InChI is InChI=1S/C17H16N2O5PSe/c1-3-22-25(21,23-4-2)15-10-13(18-17(26)19-15)12-9-11-7-5-6-8-14(11)24-16(12)20/h5-10H,3-4H2,1-2H3. The van der Waals surface area contributed by atoms with Gasteiger partial charge in [0, 0.05) is 0 Å². The van der Waals surface area contributed by atoms with E-state index in [4.69, 9.17) is 13.5 Å². The Morgan fingerprint density at radius 3 is 2.50 bits per heavy atom. The summed E-state index contributed by atoms with van der Waals surface area (Å²) in [4.78, 5) is 20.8. The molecule has 26 heavy (non-hydrogen) atoms. The van der Waals surface area contributed by atoms with Gasteiger partial charge in [0.15, 0.2) is 0 Å². The van der Waals surface area contributed by atoms with E-state index in [0.717, 1.165) is 5.39 Å². The molecule has 0 atom stereocenters. The van der Waals surface area contributed by atoms with Crippen molar-refractivity contribution in [3.05, 3.63) is 46.8 Å². The van der Waals surface area contributed by atoms with Gasteiger partial charge in [0.1, 0.15) is 0 Å². The second-order valence-corrected chi connectivity index (χ2v) is 7.95. The molecule has 0 saturated carbocycles. The van der Waals surface area contributed by atoms with Crippen molar-refractivity contribution in [3.63, 3.8) is 0 Å². The van der Waals surface area contributed by atoms with Crippen molar-refractivity contribution in [1.29, 1.82) is 0 Å². The summed E-state index contributed by atoms with van der Waals surface area (Å²) in [6, 6.07) is 10.3. The fraction of sp³-hybridized carbons (Fsp3) is 0.235. The molecule has 1 aromatic carbocycles. The van der Waals surface area contributed by atoms with Crippen molar-refractivity contribution in [1.82, 2.24) is 9.97 Å². The summed E-state index contributed by atoms with van der Waals surface area (Å²) in [5, 5.41) is 0.752. The van der Waals surface area contributed by atoms with E-state index in [0.29, 0.717) is 5.58 Å². The van der Waals surface area contributed by atoms with Crippen LogP contribution in [0.5, 0.6) is 0 Å². The number of hydrogen-bond donors (Lipinski definition) is 0. The molecule has 3 rings (SSSR count). The Labute approximate surface area is 158 Å². The predicted octanol–water partition coefficient (Wildman–Crippen LogP) is 1.94. The second-order valence-electron chi connectivity index (χ2n) is 5.21. The van der Waals surface area contributed by atoms with Crippen LogP contribution < -0.4 is 15.8 Å². The molecule has 0 aliphatic heterocycles. The van der Waals surface area contributed by atoms with Crippen LogP contribution in [0, 0.1) is 0 Å². The van der Waals surface area contributed by atoms with E-state index in [1.54, 1.807) is 32.0 Å². The fourth-order valence-electron chi connectivity index (χ4n) is 2.44. The summed E-state index contributed by atoms with van der Waals surface area (Å²) in [6.07, 6.45) is 0. The third kappa shape index (κ3) is 3.80. The summed E-state index contributed by atoms with van der Waals surface area (Å²) >= 11 is 2.68. The average molecular weight is 438 g/mol. The van der Waals surface area contributed by atoms with Gasteiger partial charge in [-0.15, -0.1) is 0 Å². The summed E-state index contributed by atoms with van der Waals surface area (Å²) in [6.45, 7) is 3.81. The topological polar surface area (TPSA) is 91.5 Å². The molecule has 7 nitrogen and oxygen atoms in total. The van der Waals surface area contributed by atoms with E-state index in [9.17, 15) is 9.36 Å². The summed E-state index contributed by atoms with van der Waals surface area (Å²) in [5.74, 6) is 0. The van der Waals surface area contributed by atoms with Gasteiger partial charge in [-0.05, 0) is 0 Å². The van der Waals surface area contributed by atoms with Crippen LogP contribution in [-0.2, 0) is 13.6 Å². The van der Waals surface area contributed by atoms with Gasteiger partial charge in [0.2, 0.25) is 0 Å². The number of hydrogen-bond acceptors (Lipinski definition) is 7. The Morgan fingerprint density at radius 2 is 1.81 bits per heavy atom. The summed E-state index contributed by atoms with van der Waals surface area (Å²) in [5.41, 5.74) is 0.544. The molecule has 0 bridgehead atoms. The van der Waals surface area contributed by atoms with Gasteiger partial charge in [0.25, 0.3) is 0 Å². The zero-order valence-electron chi connectivity index (χ0n) is 14.2. The fourth-order valence-corrected chi connectivity index (χ4v) is 4.52. The predicted molar refractivity (Wildman–Crippen MR) is 99.4 cm³/mol. The quantitative estimate of drug-likeness (QED) is 0.330. The van der Waals surface area contributed by atoms with E-state index in [2.05, 4.69) is 26.0 Å². The van der Waals surface area contributed by atoms with Crippen LogP contribution in [0.3, 0.4) is 0 Å². The Morgan fingerprint density at radius 1 is 1.12 bits per heavy atom. The number of aromatic nitrogens is 2. The SMILES string of the molecule is CCOP(=O)(OCC)c1cc(-c2cc3ccccc3oc2=O)nc([Se])n1. The first-order valence-electron chi connectivity index (χ1n) is 7.96. The molecular formula is C17H16N2O5PSe. The third-order valence-electron chi connectivity index (χ3n) is 3.49. The molecule has 0 saturated heterocycles. The molecule has 135 valence electrons. The van der Waals surface area contributed by atoms with Crippen molar-refractivity contribution < 1.29 is 18.0 Å². The van der Waals surface area contributed by atoms with Crippen LogP contribution in [0.1, 0.15) is 13.8 Å². The normalized spacial score (nSPS) is 11.8. The Balaban J connectivity index is 2.18. The van der Waals surface area contributed by atoms with Crippen molar-refractivity contribution in [2.75, 3.05) is 13.2 Å². The first-order valence-corrected chi connectivity index (χ1v) is 10.4. The molecule has 0 amide bonds. The van der Waals surface area contributed by atoms with Gasteiger partial charge in [0.05, 0.1) is 0 Å². The van der Waals surface area contributed by atoms with Crippen molar-refractivity contribution in [2.24, 2.45) is 0 Å². The van der Waals surface area contributed by atoms with E-state index in [1.165, 1.54) is 6.07 Å². The van der Waals surface area contributed by atoms with E-state index in [1.807, 2.05) is 12.1 Å². The number of fused-ring (bicyclic) bond motifs is 1. The van der Waals surface area contributed by atoms with Gasteiger partial charge in [-0.3, -0.25) is 0 Å². The molecule has 0 unspecified atom stereocenters. The molecule has 3 aromatic rings. The van der Waals surface area contributed by atoms with Crippen molar-refractivity contribution >= 4 is 44.7 Å². The van der Waals surface area contributed by atoms with Crippen LogP contribution >= 0.6 is 7.60 Å². The maximum absolute atomic E-state index is 13.0. The molecule has 0 fully saturated rings. The van der Waals surface area contributed by atoms with E-state index < -0.39 is 13.2 Å². The van der Waals surface area contributed by atoms with Crippen LogP contribution in [-0.4, -0.2) is 39.2 Å². The molecule has 0 N–H and O–H groups in total. The number of benzene rings is 1. The molecule has 2 heterocycles. The first-order chi connectivity index (χ1) is 12.5. The van der Waals surface area contributed by atoms with Crippen molar-refractivity contribution in [2.45, 2.75) is 13.8 Å². The van der Waals surface area contributed by atoms with Gasteiger partial charge in [-0.25, -0.2) is 0 Å². The zero-order valence-corrected chi connectivity index (χ0v) is 16.8. The average Bonchev–Trinajstić information content (AvgIpc) is 2.61. The van der Waals surface area contributed by atoms with E-state index in [-0.39, 0.29) is 34.6 Å². The van der Waals surface area contributed by atoms with Crippen LogP contribution in [0.25, 0.3) is 22.2 Å². The third-order valence-corrected chi connectivity index (χ3v) is 5.86. The van der Waals surface area contributed by atoms with Gasteiger partial charge >= 0.3 is 158 Å². The number of para-hydroxylation sites is 1. The number of rotatable bonds is 6. The Kier molecular flexibility index (Phi) is 5.70. The molecule has 0 aliphatic rings. The Hall–Kier alpha value is -1.82. The van der Waals surface area contributed by atoms with Crippen LogP contribution in [0.4, 0.5) is 0 Å². The minimum absolute atomic E-state index is 0.0903. The van der Waals surface area contributed by atoms with Crippen LogP contribution in [0.15, 0.2) is 45.6 Å². The summed E-state index contributed by atoms with van der Waals surface area (Å²) in [7, 11) is -3.61. The first kappa shape index (κ1) is 19.0. The Bertz CT molecular complexity index is 1040. The van der Waals surface area contributed by atoms with E-state index >= 15 is 0 Å². The molecule has 0 aliphatic carbocycles. The molecule has 2 aromatic heterocycles. The maximum atomic E-state index is 13.0. The monoisotopic (exact) mass is 439 g/mol. The minimum atomic E-state index is -3.61. The molecule has 0 spiro atoms. The van der Waals surface area contributed by atoms with Crippen LogP contribution in [0.2, 0.25) is 0 Å². The zero-order chi connectivity index (χ0) is 18.7. The molecule has 1 radical (unpaired) electrons. The van der Waals surface area contributed by atoms with Gasteiger partial charge in [-0.2, -0.15) is 0 Å². The number of nitrogens with zero attached hydrogens (tertiary/aromatic N) is 2.